The van der Waals surface area contributed by atoms with Crippen LogP contribution in [0.25, 0.3) is 0 Å². The lowest BCUT2D eigenvalue weighted by molar-refractivity contribution is 0.0376. The third-order valence-electron chi connectivity index (χ3n) is 4.19. The topological polar surface area (TPSA) is 89.7 Å². The SMILES string of the molecule is CCOc1ccc(CNC(=O)c2[nH]c(C)c(C(=O)OC(C)C)c2C)cc1OC. The van der Waals surface area contributed by atoms with Crippen LogP contribution < -0.4 is 14.8 Å². The first kappa shape index (κ1) is 21.3. The number of benzene rings is 1. The highest BCUT2D eigenvalue weighted by Crippen LogP contribution is 2.28. The first-order chi connectivity index (χ1) is 13.3. The van der Waals surface area contributed by atoms with Crippen LogP contribution in [0.5, 0.6) is 11.5 Å². The maximum absolute atomic E-state index is 12.6. The summed E-state index contributed by atoms with van der Waals surface area (Å²) in [6.07, 6.45) is -0.229. The summed E-state index contributed by atoms with van der Waals surface area (Å²) < 4.78 is 16.1. The van der Waals surface area contributed by atoms with Crippen molar-refractivity contribution in [3.63, 3.8) is 0 Å². The number of amides is 1. The fourth-order valence-corrected chi connectivity index (χ4v) is 2.92. The number of carbonyl (C=O) groups excluding carboxylic acids is 2. The van der Waals surface area contributed by atoms with E-state index in [4.69, 9.17) is 14.2 Å². The van der Waals surface area contributed by atoms with Crippen LogP contribution in [-0.4, -0.2) is 36.7 Å². The second kappa shape index (κ2) is 9.30. The molecular formula is C21H28N2O5. The summed E-state index contributed by atoms with van der Waals surface area (Å²) in [5, 5.41) is 2.86. The van der Waals surface area contributed by atoms with Gasteiger partial charge in [0, 0.05) is 12.2 Å². The van der Waals surface area contributed by atoms with E-state index in [-0.39, 0.29) is 12.0 Å². The van der Waals surface area contributed by atoms with Gasteiger partial charge in [0.2, 0.25) is 0 Å². The molecule has 0 unspecified atom stereocenters. The highest BCUT2D eigenvalue weighted by molar-refractivity contribution is 6.00. The largest absolute Gasteiger partial charge is 0.493 e. The van der Waals surface area contributed by atoms with Crippen molar-refractivity contribution in [2.75, 3.05) is 13.7 Å². The Bertz CT molecular complexity index is 855. The van der Waals surface area contributed by atoms with Crippen molar-refractivity contribution in [1.82, 2.24) is 10.3 Å². The first-order valence-corrected chi connectivity index (χ1v) is 9.26. The number of ether oxygens (including phenoxy) is 3. The molecule has 0 saturated carbocycles. The van der Waals surface area contributed by atoms with Crippen LogP contribution in [0.15, 0.2) is 18.2 Å². The Labute approximate surface area is 165 Å². The molecule has 0 saturated heterocycles. The number of aromatic nitrogens is 1. The zero-order valence-corrected chi connectivity index (χ0v) is 17.3. The lowest BCUT2D eigenvalue weighted by atomic mass is 10.1. The summed E-state index contributed by atoms with van der Waals surface area (Å²) in [5.41, 5.74) is 2.81. The summed E-state index contributed by atoms with van der Waals surface area (Å²) in [5.74, 6) is 0.539. The van der Waals surface area contributed by atoms with E-state index in [1.165, 1.54) is 0 Å². The number of hydrogen-bond acceptors (Lipinski definition) is 5. The van der Waals surface area contributed by atoms with Crippen molar-refractivity contribution in [2.45, 2.75) is 47.3 Å². The van der Waals surface area contributed by atoms with E-state index in [1.54, 1.807) is 34.8 Å². The second-order valence-corrected chi connectivity index (χ2v) is 6.68. The minimum atomic E-state index is -0.434. The molecule has 2 rings (SSSR count). The van der Waals surface area contributed by atoms with Crippen LogP contribution in [-0.2, 0) is 11.3 Å². The molecule has 1 heterocycles. The summed E-state index contributed by atoms with van der Waals surface area (Å²) in [4.78, 5) is 27.9. The summed E-state index contributed by atoms with van der Waals surface area (Å²) in [6.45, 7) is 9.80. The van der Waals surface area contributed by atoms with Gasteiger partial charge in [-0.3, -0.25) is 4.79 Å². The van der Waals surface area contributed by atoms with Gasteiger partial charge in [0.1, 0.15) is 5.69 Å². The third kappa shape index (κ3) is 4.85. The number of esters is 1. The zero-order valence-electron chi connectivity index (χ0n) is 17.3. The molecule has 1 amide bonds. The Morgan fingerprint density at radius 2 is 1.89 bits per heavy atom. The molecular weight excluding hydrogens is 360 g/mol. The van der Waals surface area contributed by atoms with Crippen LogP contribution in [0.2, 0.25) is 0 Å². The van der Waals surface area contributed by atoms with E-state index in [0.717, 1.165) is 5.56 Å². The Kier molecular flexibility index (Phi) is 7.09. The van der Waals surface area contributed by atoms with Gasteiger partial charge in [-0.15, -0.1) is 0 Å². The molecule has 0 radical (unpaired) electrons. The summed E-state index contributed by atoms with van der Waals surface area (Å²) in [6, 6.07) is 5.50. The molecule has 7 heteroatoms. The van der Waals surface area contributed by atoms with Gasteiger partial charge in [-0.2, -0.15) is 0 Å². The minimum Gasteiger partial charge on any atom is -0.493 e. The molecule has 2 aromatic rings. The summed E-state index contributed by atoms with van der Waals surface area (Å²) in [7, 11) is 1.57. The Morgan fingerprint density at radius 3 is 2.50 bits per heavy atom. The molecule has 1 aromatic heterocycles. The standard InChI is InChI=1S/C21H28N2O5/c1-7-27-16-9-8-15(10-17(16)26-6)11-22-20(24)19-13(4)18(14(5)23-19)21(25)28-12(2)3/h8-10,12,23H,7,11H2,1-6H3,(H,22,24). The van der Waals surface area contributed by atoms with Crippen LogP contribution in [0.1, 0.15) is 58.4 Å². The first-order valence-electron chi connectivity index (χ1n) is 9.26. The van der Waals surface area contributed by atoms with Crippen LogP contribution in [0.3, 0.4) is 0 Å². The predicted octanol–water partition coefficient (Wildman–Crippen LogP) is 3.53. The fraction of sp³-hybridized carbons (Fsp3) is 0.429. The molecule has 0 aliphatic carbocycles. The number of nitrogens with one attached hydrogen (secondary N) is 2. The fourth-order valence-electron chi connectivity index (χ4n) is 2.92. The monoisotopic (exact) mass is 388 g/mol. The molecule has 0 atom stereocenters. The van der Waals surface area contributed by atoms with Crippen molar-refractivity contribution in [2.24, 2.45) is 0 Å². The maximum atomic E-state index is 12.6. The third-order valence-corrected chi connectivity index (χ3v) is 4.19. The van der Waals surface area contributed by atoms with Crippen molar-refractivity contribution >= 4 is 11.9 Å². The van der Waals surface area contributed by atoms with E-state index in [9.17, 15) is 9.59 Å². The van der Waals surface area contributed by atoms with Crippen molar-refractivity contribution in [3.8, 4) is 11.5 Å². The van der Waals surface area contributed by atoms with Gasteiger partial charge >= 0.3 is 5.97 Å². The smallest absolute Gasteiger partial charge is 0.340 e. The molecule has 0 bridgehead atoms. The molecule has 7 nitrogen and oxygen atoms in total. The molecule has 28 heavy (non-hydrogen) atoms. The van der Waals surface area contributed by atoms with Gasteiger partial charge in [0.05, 0.1) is 25.4 Å². The molecule has 152 valence electrons. The van der Waals surface area contributed by atoms with E-state index in [1.807, 2.05) is 25.1 Å². The Hall–Kier alpha value is -2.96. The van der Waals surface area contributed by atoms with Crippen molar-refractivity contribution < 1.29 is 23.8 Å². The number of aromatic amines is 1. The maximum Gasteiger partial charge on any atom is 0.340 e. The van der Waals surface area contributed by atoms with Gasteiger partial charge in [-0.1, -0.05) is 6.07 Å². The average Bonchev–Trinajstić information content (AvgIpc) is 2.94. The molecule has 2 N–H and O–H groups in total. The van der Waals surface area contributed by atoms with Gasteiger partial charge in [-0.05, 0) is 57.9 Å². The molecule has 0 aliphatic heterocycles. The second-order valence-electron chi connectivity index (χ2n) is 6.68. The van der Waals surface area contributed by atoms with Crippen LogP contribution in [0.4, 0.5) is 0 Å². The van der Waals surface area contributed by atoms with Crippen LogP contribution in [0, 0.1) is 13.8 Å². The normalized spacial score (nSPS) is 10.7. The van der Waals surface area contributed by atoms with Gasteiger partial charge < -0.3 is 24.5 Å². The number of methoxy groups -OCH3 is 1. The highest BCUT2D eigenvalue weighted by atomic mass is 16.5. The minimum absolute atomic E-state index is 0.229. The van der Waals surface area contributed by atoms with Crippen molar-refractivity contribution in [1.29, 1.82) is 0 Å². The average molecular weight is 388 g/mol. The number of rotatable bonds is 8. The van der Waals surface area contributed by atoms with E-state index < -0.39 is 5.97 Å². The van der Waals surface area contributed by atoms with Crippen molar-refractivity contribution in [3.05, 3.63) is 46.3 Å². The molecule has 0 aliphatic rings. The zero-order chi connectivity index (χ0) is 20.8. The quantitative estimate of drug-likeness (QED) is 0.675. The number of H-pyrrole nitrogens is 1. The summed E-state index contributed by atoms with van der Waals surface area (Å²) >= 11 is 0. The lowest BCUT2D eigenvalue weighted by Gasteiger charge is -2.11. The molecule has 0 fully saturated rings. The van der Waals surface area contributed by atoms with E-state index in [0.29, 0.717) is 47.2 Å². The Balaban J connectivity index is 2.13. The molecule has 1 aromatic carbocycles. The number of hydrogen-bond donors (Lipinski definition) is 2. The molecule has 0 spiro atoms. The Morgan fingerprint density at radius 1 is 1.18 bits per heavy atom. The predicted molar refractivity (Wildman–Crippen MR) is 106 cm³/mol. The number of aryl methyl sites for hydroxylation is 1. The number of carbonyl (C=O) groups is 2. The van der Waals surface area contributed by atoms with Crippen LogP contribution >= 0.6 is 0 Å². The van der Waals surface area contributed by atoms with E-state index in [2.05, 4.69) is 10.3 Å². The van der Waals surface area contributed by atoms with Gasteiger partial charge in [0.25, 0.3) is 5.91 Å². The van der Waals surface area contributed by atoms with E-state index >= 15 is 0 Å². The van der Waals surface area contributed by atoms with Gasteiger partial charge in [-0.25, -0.2) is 4.79 Å². The highest BCUT2D eigenvalue weighted by Gasteiger charge is 2.23. The van der Waals surface area contributed by atoms with Gasteiger partial charge in [0.15, 0.2) is 11.5 Å². The lowest BCUT2D eigenvalue weighted by Crippen LogP contribution is -2.24.